The molecule has 1 unspecified atom stereocenters. The van der Waals surface area contributed by atoms with Crippen molar-refractivity contribution in [2.45, 2.75) is 12.3 Å². The summed E-state index contributed by atoms with van der Waals surface area (Å²) in [6.45, 7) is 0. The van der Waals surface area contributed by atoms with E-state index in [2.05, 4.69) is 0 Å². The maximum atomic E-state index is 13.6. The largest absolute Gasteiger partial charge is 0.494 e. The van der Waals surface area contributed by atoms with E-state index in [1.165, 1.54) is 43.5 Å². The molecule has 0 saturated carbocycles. The number of hydrogen-bond acceptors (Lipinski definition) is 2. The molecule has 0 radical (unpaired) electrons. The number of methoxy groups -OCH3 is 1. The van der Waals surface area contributed by atoms with E-state index in [4.69, 9.17) is 4.74 Å². The molecule has 110 valence electrons. The fourth-order valence-electron chi connectivity index (χ4n) is 2.12. The summed E-state index contributed by atoms with van der Waals surface area (Å²) >= 11 is 0. The van der Waals surface area contributed by atoms with Crippen LogP contribution in [0, 0.1) is 11.6 Å². The minimum atomic E-state index is -1.04. The monoisotopic (exact) mass is 292 g/mol. The Bertz CT molecular complexity index is 638. The highest BCUT2D eigenvalue weighted by molar-refractivity contribution is 5.76. The molecule has 0 aliphatic carbocycles. The average Bonchev–Trinajstić information content (AvgIpc) is 2.46. The Balaban J connectivity index is 2.26. The normalized spacial score (nSPS) is 12.0. The van der Waals surface area contributed by atoms with Gasteiger partial charge in [-0.3, -0.25) is 4.79 Å². The number of halogens is 2. The van der Waals surface area contributed by atoms with Crippen molar-refractivity contribution < 1.29 is 23.4 Å². The van der Waals surface area contributed by atoms with E-state index in [0.717, 1.165) is 0 Å². The molecule has 2 rings (SSSR count). The number of ether oxygens (including phenoxy) is 1. The summed E-state index contributed by atoms with van der Waals surface area (Å²) < 4.78 is 31.4. The minimum Gasteiger partial charge on any atom is -0.494 e. The lowest BCUT2D eigenvalue weighted by atomic mass is 9.92. The molecule has 0 aromatic heterocycles. The van der Waals surface area contributed by atoms with Crippen LogP contribution < -0.4 is 4.74 Å². The van der Waals surface area contributed by atoms with Gasteiger partial charge in [-0.2, -0.15) is 0 Å². The number of benzene rings is 2. The molecule has 3 nitrogen and oxygen atoms in total. The van der Waals surface area contributed by atoms with E-state index in [-0.39, 0.29) is 12.2 Å². The Hall–Kier alpha value is -2.43. The van der Waals surface area contributed by atoms with Crippen LogP contribution in [0.15, 0.2) is 42.5 Å². The Morgan fingerprint density at radius 1 is 1.19 bits per heavy atom. The van der Waals surface area contributed by atoms with Gasteiger partial charge in [0.2, 0.25) is 0 Å². The predicted molar refractivity (Wildman–Crippen MR) is 73.4 cm³/mol. The van der Waals surface area contributed by atoms with Crippen molar-refractivity contribution in [3.05, 3.63) is 65.2 Å². The first kappa shape index (κ1) is 15.0. The van der Waals surface area contributed by atoms with Crippen LogP contribution in [-0.2, 0) is 11.2 Å². The average molecular weight is 292 g/mol. The molecule has 21 heavy (non-hydrogen) atoms. The van der Waals surface area contributed by atoms with Gasteiger partial charge in [-0.05, 0) is 41.8 Å². The Morgan fingerprint density at radius 2 is 1.86 bits per heavy atom. The zero-order valence-electron chi connectivity index (χ0n) is 11.3. The van der Waals surface area contributed by atoms with Crippen LogP contribution in [0.25, 0.3) is 0 Å². The molecule has 1 N–H and O–H groups in total. The molecule has 0 fully saturated rings. The lowest BCUT2D eigenvalue weighted by Gasteiger charge is -2.13. The third kappa shape index (κ3) is 3.56. The van der Waals surface area contributed by atoms with Crippen molar-refractivity contribution in [1.29, 1.82) is 0 Å². The van der Waals surface area contributed by atoms with Gasteiger partial charge in [0.15, 0.2) is 11.6 Å². The van der Waals surface area contributed by atoms with Crippen molar-refractivity contribution >= 4 is 5.97 Å². The summed E-state index contributed by atoms with van der Waals surface area (Å²) in [6, 6.07) is 9.58. The summed E-state index contributed by atoms with van der Waals surface area (Å²) in [5, 5.41) is 9.32. The quantitative estimate of drug-likeness (QED) is 0.919. The molecule has 1 atom stereocenters. The number of carboxylic acids is 1. The number of carboxylic acid groups (broad SMARTS) is 1. The first-order valence-electron chi connectivity index (χ1n) is 6.32. The zero-order chi connectivity index (χ0) is 15.4. The summed E-state index contributed by atoms with van der Waals surface area (Å²) in [4.78, 5) is 11.4. The molecule has 0 aliphatic rings. The lowest BCUT2D eigenvalue weighted by Crippen LogP contribution is -2.14. The van der Waals surface area contributed by atoms with E-state index in [1.807, 2.05) is 0 Å². The summed E-state index contributed by atoms with van der Waals surface area (Å²) in [7, 11) is 1.36. The maximum Gasteiger partial charge on any atom is 0.311 e. The van der Waals surface area contributed by atoms with Crippen LogP contribution in [0.4, 0.5) is 8.78 Å². The molecule has 2 aromatic rings. The van der Waals surface area contributed by atoms with Gasteiger partial charge in [0.05, 0.1) is 13.0 Å². The van der Waals surface area contributed by atoms with Gasteiger partial charge in [-0.15, -0.1) is 0 Å². The van der Waals surface area contributed by atoms with E-state index in [9.17, 15) is 18.7 Å². The second-order valence-corrected chi connectivity index (χ2v) is 4.62. The maximum absolute atomic E-state index is 13.6. The fraction of sp³-hybridized carbons (Fsp3) is 0.188. The molecule has 0 aliphatic heterocycles. The van der Waals surface area contributed by atoms with Crippen molar-refractivity contribution in [2.75, 3.05) is 7.11 Å². The standard InChI is InChI=1S/C16H14F2O3/c1-21-15-7-2-10(9-14(15)18)8-13(16(19)20)11-3-5-12(17)6-4-11/h2-7,9,13H,8H2,1H3,(H,19,20). The minimum absolute atomic E-state index is 0.104. The molecule has 2 aromatic carbocycles. The second kappa shape index (κ2) is 6.35. The third-order valence-corrected chi connectivity index (χ3v) is 3.23. The molecule has 0 spiro atoms. The molecule has 0 bridgehead atoms. The third-order valence-electron chi connectivity index (χ3n) is 3.23. The SMILES string of the molecule is COc1ccc(CC(C(=O)O)c2ccc(F)cc2)cc1F. The van der Waals surface area contributed by atoms with Gasteiger partial charge in [0.25, 0.3) is 0 Å². The predicted octanol–water partition coefficient (Wildman–Crippen LogP) is 3.38. The van der Waals surface area contributed by atoms with Crippen molar-refractivity contribution in [3.8, 4) is 5.75 Å². The first-order valence-corrected chi connectivity index (χ1v) is 6.32. The van der Waals surface area contributed by atoms with Crippen molar-refractivity contribution in [3.63, 3.8) is 0 Å². The number of carbonyl (C=O) groups is 1. The number of rotatable bonds is 5. The molecule has 0 heterocycles. The molecule has 0 saturated heterocycles. The Kier molecular flexibility index (Phi) is 4.52. The van der Waals surface area contributed by atoms with E-state index >= 15 is 0 Å². The van der Waals surface area contributed by atoms with Crippen LogP contribution in [-0.4, -0.2) is 18.2 Å². The molecular weight excluding hydrogens is 278 g/mol. The Morgan fingerprint density at radius 3 is 2.38 bits per heavy atom. The number of hydrogen-bond donors (Lipinski definition) is 1. The smallest absolute Gasteiger partial charge is 0.311 e. The van der Waals surface area contributed by atoms with Crippen molar-refractivity contribution in [1.82, 2.24) is 0 Å². The Labute approximate surface area is 120 Å². The summed E-state index contributed by atoms with van der Waals surface area (Å²) in [5.41, 5.74) is 1.00. The summed E-state index contributed by atoms with van der Waals surface area (Å²) in [6.07, 6.45) is 0.113. The van der Waals surface area contributed by atoms with Gasteiger partial charge in [-0.1, -0.05) is 18.2 Å². The van der Waals surface area contributed by atoms with E-state index in [1.54, 1.807) is 6.07 Å². The fourth-order valence-corrected chi connectivity index (χ4v) is 2.12. The van der Waals surface area contributed by atoms with E-state index < -0.39 is 23.5 Å². The highest BCUT2D eigenvalue weighted by atomic mass is 19.1. The van der Waals surface area contributed by atoms with Gasteiger partial charge < -0.3 is 9.84 Å². The van der Waals surface area contributed by atoms with Gasteiger partial charge in [-0.25, -0.2) is 8.78 Å². The highest BCUT2D eigenvalue weighted by Gasteiger charge is 2.21. The second-order valence-electron chi connectivity index (χ2n) is 4.62. The zero-order valence-corrected chi connectivity index (χ0v) is 11.3. The van der Waals surface area contributed by atoms with E-state index in [0.29, 0.717) is 11.1 Å². The topological polar surface area (TPSA) is 46.5 Å². The van der Waals surface area contributed by atoms with Crippen LogP contribution in [0.2, 0.25) is 0 Å². The highest BCUT2D eigenvalue weighted by Crippen LogP contribution is 2.25. The lowest BCUT2D eigenvalue weighted by molar-refractivity contribution is -0.138. The number of aliphatic carboxylic acids is 1. The summed E-state index contributed by atoms with van der Waals surface area (Å²) in [5.74, 6) is -2.78. The van der Waals surface area contributed by atoms with Crippen molar-refractivity contribution in [2.24, 2.45) is 0 Å². The van der Waals surface area contributed by atoms with Crippen LogP contribution in [0.5, 0.6) is 5.75 Å². The van der Waals surface area contributed by atoms with Gasteiger partial charge in [0, 0.05) is 0 Å². The molecule has 0 amide bonds. The first-order chi connectivity index (χ1) is 10.0. The van der Waals surface area contributed by atoms with Gasteiger partial charge in [0.1, 0.15) is 5.82 Å². The van der Waals surface area contributed by atoms with Gasteiger partial charge >= 0.3 is 5.97 Å². The van der Waals surface area contributed by atoms with Crippen LogP contribution in [0.3, 0.4) is 0 Å². The van der Waals surface area contributed by atoms with Crippen LogP contribution in [0.1, 0.15) is 17.0 Å². The molecule has 5 heteroatoms. The molecular formula is C16H14F2O3. The van der Waals surface area contributed by atoms with Crippen LogP contribution >= 0.6 is 0 Å².